The number of rotatable bonds is 7. The number of fused-ring (bicyclic) bond motifs is 1. The van der Waals surface area contributed by atoms with Crippen LogP contribution in [0.1, 0.15) is 31.4 Å². The van der Waals surface area contributed by atoms with Crippen molar-refractivity contribution in [1.29, 1.82) is 0 Å². The predicted octanol–water partition coefficient (Wildman–Crippen LogP) is 4.31. The van der Waals surface area contributed by atoms with Crippen LogP contribution >= 0.6 is 0 Å². The lowest BCUT2D eigenvalue weighted by atomic mass is 10.1. The standard InChI is InChI=1S/C20H21N3O5S/c1-5-10-28-19-17(23(24)25)11-21-20-18(19)16(13(2)3)12-22(20)29(26,27)15-8-6-14(4)7-9-15/h6-9,11-12H,2,5,10H2,1,3-4H3. The molecule has 0 radical (unpaired) electrons. The van der Waals surface area contributed by atoms with Crippen LogP contribution in [-0.2, 0) is 10.0 Å². The molecule has 0 amide bonds. The van der Waals surface area contributed by atoms with Gasteiger partial charge in [-0.1, -0.05) is 31.2 Å². The van der Waals surface area contributed by atoms with Crippen molar-refractivity contribution in [3.63, 3.8) is 0 Å². The van der Waals surface area contributed by atoms with Crippen molar-refractivity contribution >= 4 is 32.3 Å². The summed E-state index contributed by atoms with van der Waals surface area (Å²) in [5, 5.41) is 11.8. The monoisotopic (exact) mass is 415 g/mol. The minimum atomic E-state index is -3.98. The number of nitrogens with zero attached hydrogens (tertiary/aromatic N) is 3. The van der Waals surface area contributed by atoms with E-state index in [0.717, 1.165) is 15.7 Å². The topological polar surface area (TPSA) is 104 Å². The second kappa shape index (κ2) is 7.67. The zero-order chi connectivity index (χ0) is 21.3. The third-order valence-electron chi connectivity index (χ3n) is 4.40. The lowest BCUT2D eigenvalue weighted by Gasteiger charge is -2.09. The SMILES string of the molecule is C=C(C)c1cn(S(=O)(=O)c2ccc(C)cc2)c2ncc([N+](=O)[O-])c(OCCC)c12. The van der Waals surface area contributed by atoms with Crippen LogP contribution in [0.2, 0.25) is 0 Å². The molecule has 0 unspecified atom stereocenters. The van der Waals surface area contributed by atoms with Gasteiger partial charge in [0.05, 0.1) is 21.8 Å². The van der Waals surface area contributed by atoms with E-state index < -0.39 is 14.9 Å². The lowest BCUT2D eigenvalue weighted by molar-refractivity contribution is -0.386. The number of nitro groups is 1. The molecule has 0 bridgehead atoms. The molecule has 3 aromatic rings. The molecule has 2 heterocycles. The van der Waals surface area contributed by atoms with Gasteiger partial charge in [-0.25, -0.2) is 17.4 Å². The summed E-state index contributed by atoms with van der Waals surface area (Å²) in [5.41, 5.74) is 1.63. The van der Waals surface area contributed by atoms with Crippen molar-refractivity contribution in [2.75, 3.05) is 6.61 Å². The van der Waals surface area contributed by atoms with Crippen LogP contribution in [0.3, 0.4) is 0 Å². The Morgan fingerprint density at radius 1 is 1.31 bits per heavy atom. The highest BCUT2D eigenvalue weighted by Crippen LogP contribution is 2.40. The Kier molecular flexibility index (Phi) is 5.43. The van der Waals surface area contributed by atoms with Gasteiger partial charge in [-0.15, -0.1) is 0 Å². The number of ether oxygens (including phenoxy) is 1. The fourth-order valence-electron chi connectivity index (χ4n) is 2.94. The van der Waals surface area contributed by atoms with Gasteiger partial charge in [0.1, 0.15) is 6.20 Å². The van der Waals surface area contributed by atoms with Crippen LogP contribution in [0, 0.1) is 17.0 Å². The van der Waals surface area contributed by atoms with Gasteiger partial charge in [0.25, 0.3) is 10.0 Å². The number of aromatic nitrogens is 2. The first-order valence-electron chi connectivity index (χ1n) is 8.97. The number of pyridine rings is 1. The summed E-state index contributed by atoms with van der Waals surface area (Å²) in [6, 6.07) is 6.42. The van der Waals surface area contributed by atoms with E-state index in [1.807, 2.05) is 13.8 Å². The molecule has 1 aromatic carbocycles. The molecule has 0 N–H and O–H groups in total. The maximum absolute atomic E-state index is 13.3. The van der Waals surface area contributed by atoms with E-state index in [4.69, 9.17) is 4.74 Å². The minimum Gasteiger partial charge on any atom is -0.486 e. The Balaban J connectivity index is 2.37. The Hall–Kier alpha value is -3.20. The van der Waals surface area contributed by atoms with Crippen LogP contribution in [0.25, 0.3) is 16.6 Å². The van der Waals surface area contributed by atoms with Gasteiger partial charge >= 0.3 is 5.69 Å². The molecular formula is C20H21N3O5S. The number of hydrogen-bond donors (Lipinski definition) is 0. The molecule has 152 valence electrons. The fourth-order valence-corrected chi connectivity index (χ4v) is 4.26. The van der Waals surface area contributed by atoms with Crippen molar-refractivity contribution < 1.29 is 18.1 Å². The number of benzene rings is 1. The molecule has 9 heteroatoms. The first kappa shape index (κ1) is 20.5. The maximum atomic E-state index is 13.3. The smallest absolute Gasteiger partial charge is 0.329 e. The third kappa shape index (κ3) is 3.61. The molecule has 0 aliphatic rings. The number of hydrogen-bond acceptors (Lipinski definition) is 6. The molecule has 0 saturated heterocycles. The molecular weight excluding hydrogens is 394 g/mol. The molecule has 8 nitrogen and oxygen atoms in total. The molecule has 0 fully saturated rings. The van der Waals surface area contributed by atoms with Crippen LogP contribution in [0.15, 0.2) is 48.1 Å². The highest BCUT2D eigenvalue weighted by molar-refractivity contribution is 7.90. The van der Waals surface area contributed by atoms with Crippen LogP contribution < -0.4 is 4.74 Å². The van der Waals surface area contributed by atoms with Gasteiger partial charge in [0.15, 0.2) is 5.65 Å². The summed E-state index contributed by atoms with van der Waals surface area (Å²) in [6.07, 6.45) is 3.04. The summed E-state index contributed by atoms with van der Waals surface area (Å²) < 4.78 is 33.2. The molecule has 0 spiro atoms. The van der Waals surface area contributed by atoms with Gasteiger partial charge in [0.2, 0.25) is 5.75 Å². The van der Waals surface area contributed by atoms with Crippen molar-refractivity contribution in [2.24, 2.45) is 0 Å². The van der Waals surface area contributed by atoms with Gasteiger partial charge in [-0.2, -0.15) is 0 Å². The molecule has 0 atom stereocenters. The Morgan fingerprint density at radius 3 is 2.52 bits per heavy atom. The van der Waals surface area contributed by atoms with E-state index in [-0.39, 0.29) is 34.0 Å². The summed E-state index contributed by atoms with van der Waals surface area (Å²) >= 11 is 0. The minimum absolute atomic E-state index is 0.00212. The van der Waals surface area contributed by atoms with Crippen LogP contribution in [-0.4, -0.2) is 28.9 Å². The van der Waals surface area contributed by atoms with E-state index in [9.17, 15) is 18.5 Å². The highest BCUT2D eigenvalue weighted by atomic mass is 32.2. The fraction of sp³-hybridized carbons (Fsp3) is 0.250. The van der Waals surface area contributed by atoms with E-state index in [0.29, 0.717) is 17.6 Å². The van der Waals surface area contributed by atoms with E-state index in [1.54, 1.807) is 19.1 Å². The Bertz CT molecular complexity index is 1210. The first-order chi connectivity index (χ1) is 13.7. The van der Waals surface area contributed by atoms with Crippen LogP contribution in [0.5, 0.6) is 5.75 Å². The van der Waals surface area contributed by atoms with E-state index in [1.165, 1.54) is 18.3 Å². The average molecular weight is 415 g/mol. The van der Waals surface area contributed by atoms with Gasteiger partial charge in [0, 0.05) is 11.8 Å². The van der Waals surface area contributed by atoms with Crippen molar-refractivity contribution in [3.05, 3.63) is 64.5 Å². The highest BCUT2D eigenvalue weighted by Gasteiger charge is 2.29. The molecule has 2 aromatic heterocycles. The Labute approximate surface area is 168 Å². The van der Waals surface area contributed by atoms with Gasteiger partial charge in [-0.3, -0.25) is 10.1 Å². The van der Waals surface area contributed by atoms with Crippen molar-refractivity contribution in [2.45, 2.75) is 32.1 Å². The van der Waals surface area contributed by atoms with Gasteiger partial charge < -0.3 is 4.74 Å². The summed E-state index contributed by atoms with van der Waals surface area (Å²) in [5.74, 6) is -0.00212. The van der Waals surface area contributed by atoms with Gasteiger partial charge in [-0.05, 0) is 38.0 Å². The van der Waals surface area contributed by atoms with Crippen LogP contribution in [0.4, 0.5) is 5.69 Å². The molecule has 29 heavy (non-hydrogen) atoms. The molecule has 0 aliphatic heterocycles. The maximum Gasteiger partial charge on any atom is 0.329 e. The van der Waals surface area contributed by atoms with E-state index in [2.05, 4.69) is 11.6 Å². The van der Waals surface area contributed by atoms with Crippen molar-refractivity contribution in [1.82, 2.24) is 8.96 Å². The molecule has 0 saturated carbocycles. The average Bonchev–Trinajstić information content (AvgIpc) is 3.07. The predicted molar refractivity (Wildman–Crippen MR) is 111 cm³/mol. The molecule has 3 rings (SSSR count). The quantitative estimate of drug-likeness (QED) is 0.421. The van der Waals surface area contributed by atoms with Crippen molar-refractivity contribution in [3.8, 4) is 5.75 Å². The zero-order valence-corrected chi connectivity index (χ0v) is 17.2. The third-order valence-corrected chi connectivity index (χ3v) is 6.07. The summed E-state index contributed by atoms with van der Waals surface area (Å²) in [4.78, 5) is 15.1. The second-order valence-corrected chi connectivity index (χ2v) is 8.53. The number of allylic oxidation sites excluding steroid dienone is 1. The second-order valence-electron chi connectivity index (χ2n) is 6.71. The summed E-state index contributed by atoms with van der Waals surface area (Å²) in [7, 11) is -3.98. The zero-order valence-electron chi connectivity index (χ0n) is 16.4. The van der Waals surface area contributed by atoms with E-state index >= 15 is 0 Å². The lowest BCUT2D eigenvalue weighted by Crippen LogP contribution is -2.12. The Morgan fingerprint density at radius 2 is 1.97 bits per heavy atom. The normalized spacial score (nSPS) is 11.6. The number of aryl methyl sites for hydroxylation is 1. The summed E-state index contributed by atoms with van der Waals surface area (Å²) in [6.45, 7) is 9.56. The molecule has 0 aliphatic carbocycles. The first-order valence-corrected chi connectivity index (χ1v) is 10.4. The largest absolute Gasteiger partial charge is 0.486 e.